The van der Waals surface area contributed by atoms with Crippen LogP contribution in [0.4, 0.5) is 0 Å². The fourth-order valence-electron chi connectivity index (χ4n) is 2.56. The van der Waals surface area contributed by atoms with Gasteiger partial charge in [-0.05, 0) is 35.9 Å². The molecular formula is C20H15ClO3. The number of hydrogen-bond donors (Lipinski definition) is 0. The van der Waals surface area contributed by atoms with Crippen LogP contribution in [-0.2, 0) is 4.74 Å². The topological polar surface area (TPSA) is 43.4 Å². The summed E-state index contributed by atoms with van der Waals surface area (Å²) < 4.78 is 5.37. The molecule has 0 aromatic heterocycles. The Kier molecular flexibility index (Phi) is 4.63. The molecule has 3 aromatic carbocycles. The Hall–Kier alpha value is -2.65. The van der Waals surface area contributed by atoms with Crippen LogP contribution in [0.1, 0.15) is 27.6 Å². The first-order valence-electron chi connectivity index (χ1n) is 7.55. The molecule has 4 heteroatoms. The Labute approximate surface area is 144 Å². The average molecular weight is 339 g/mol. The van der Waals surface area contributed by atoms with Gasteiger partial charge in [0.1, 0.15) is 0 Å². The highest BCUT2D eigenvalue weighted by Gasteiger charge is 2.21. The van der Waals surface area contributed by atoms with Crippen LogP contribution in [0.2, 0.25) is 5.02 Å². The number of hydrogen-bond acceptors (Lipinski definition) is 3. The summed E-state index contributed by atoms with van der Waals surface area (Å²) in [6, 6.07) is 19.5. The van der Waals surface area contributed by atoms with E-state index in [0.717, 1.165) is 10.8 Å². The van der Waals surface area contributed by atoms with E-state index in [2.05, 4.69) is 0 Å². The smallest absolute Gasteiger partial charge is 0.339 e. The number of halogens is 1. The van der Waals surface area contributed by atoms with Gasteiger partial charge in [0.2, 0.25) is 5.78 Å². The van der Waals surface area contributed by atoms with E-state index in [4.69, 9.17) is 16.3 Å². The van der Waals surface area contributed by atoms with Gasteiger partial charge in [-0.2, -0.15) is 0 Å². The zero-order valence-electron chi connectivity index (χ0n) is 13.0. The third kappa shape index (κ3) is 3.31. The van der Waals surface area contributed by atoms with E-state index in [1.807, 2.05) is 30.3 Å². The zero-order chi connectivity index (χ0) is 17.1. The molecule has 0 fully saturated rings. The number of rotatable bonds is 4. The van der Waals surface area contributed by atoms with Gasteiger partial charge >= 0.3 is 5.97 Å². The lowest BCUT2D eigenvalue weighted by Crippen LogP contribution is -2.24. The summed E-state index contributed by atoms with van der Waals surface area (Å²) in [6.45, 7) is 1.56. The van der Waals surface area contributed by atoms with Gasteiger partial charge in [0.15, 0.2) is 6.10 Å². The maximum Gasteiger partial charge on any atom is 0.339 e. The number of ketones is 1. The minimum Gasteiger partial charge on any atom is -0.451 e. The number of ether oxygens (including phenoxy) is 1. The Morgan fingerprint density at radius 1 is 0.958 bits per heavy atom. The van der Waals surface area contributed by atoms with Crippen molar-refractivity contribution >= 4 is 34.1 Å². The molecule has 0 unspecified atom stereocenters. The predicted octanol–water partition coefficient (Wildman–Crippen LogP) is 4.92. The Balaban J connectivity index is 1.82. The van der Waals surface area contributed by atoms with Crippen molar-refractivity contribution in [2.45, 2.75) is 13.0 Å². The lowest BCUT2D eigenvalue weighted by atomic mass is 10.0. The molecule has 0 amide bonds. The molecule has 0 heterocycles. The molecule has 0 aliphatic carbocycles. The van der Waals surface area contributed by atoms with Gasteiger partial charge in [-0.25, -0.2) is 4.79 Å². The highest BCUT2D eigenvalue weighted by Crippen LogP contribution is 2.20. The second kappa shape index (κ2) is 6.85. The first-order chi connectivity index (χ1) is 11.6. The van der Waals surface area contributed by atoms with Crippen LogP contribution in [0, 0.1) is 0 Å². The summed E-state index contributed by atoms with van der Waals surface area (Å²) in [5.41, 5.74) is 0.861. The van der Waals surface area contributed by atoms with E-state index in [1.54, 1.807) is 43.3 Å². The van der Waals surface area contributed by atoms with E-state index in [-0.39, 0.29) is 5.78 Å². The maximum absolute atomic E-state index is 12.5. The number of carbonyl (C=O) groups excluding carboxylic acids is 2. The zero-order valence-corrected chi connectivity index (χ0v) is 13.8. The van der Waals surface area contributed by atoms with Crippen LogP contribution in [0.15, 0.2) is 66.7 Å². The summed E-state index contributed by atoms with van der Waals surface area (Å²) in [6.07, 6.45) is -0.894. The van der Waals surface area contributed by atoms with Gasteiger partial charge in [0.25, 0.3) is 0 Å². The van der Waals surface area contributed by atoms with E-state index < -0.39 is 12.1 Å². The van der Waals surface area contributed by atoms with Crippen molar-refractivity contribution in [1.29, 1.82) is 0 Å². The summed E-state index contributed by atoms with van der Waals surface area (Å²) >= 11 is 5.90. The fourth-order valence-corrected chi connectivity index (χ4v) is 2.75. The van der Waals surface area contributed by atoms with Gasteiger partial charge in [0.05, 0.1) is 5.56 Å². The standard InChI is InChI=1S/C20H15ClO3/c1-13(19(22)15-8-4-9-16(21)12-15)24-20(23)18-11-5-7-14-6-2-3-10-17(14)18/h2-13H,1H3/t13-/m1/s1. The highest BCUT2D eigenvalue weighted by atomic mass is 35.5. The van der Waals surface area contributed by atoms with E-state index in [1.165, 1.54) is 0 Å². The molecule has 0 aliphatic heterocycles. The second-order valence-corrected chi connectivity index (χ2v) is 5.89. The van der Waals surface area contributed by atoms with Gasteiger partial charge < -0.3 is 4.74 Å². The number of esters is 1. The van der Waals surface area contributed by atoms with Crippen LogP contribution in [0.5, 0.6) is 0 Å². The molecule has 24 heavy (non-hydrogen) atoms. The summed E-state index contributed by atoms with van der Waals surface area (Å²) in [5.74, 6) is -0.805. The first kappa shape index (κ1) is 16.2. The lowest BCUT2D eigenvalue weighted by molar-refractivity contribution is 0.0321. The molecule has 3 nitrogen and oxygen atoms in total. The summed E-state index contributed by atoms with van der Waals surface area (Å²) in [4.78, 5) is 24.9. The second-order valence-electron chi connectivity index (χ2n) is 5.45. The molecule has 3 aromatic rings. The molecule has 0 N–H and O–H groups in total. The van der Waals surface area contributed by atoms with Crippen molar-refractivity contribution in [3.63, 3.8) is 0 Å². The van der Waals surface area contributed by atoms with Gasteiger partial charge in [0, 0.05) is 10.6 Å². The molecule has 0 radical (unpaired) electrons. The van der Waals surface area contributed by atoms with Crippen molar-refractivity contribution in [1.82, 2.24) is 0 Å². The molecule has 120 valence electrons. The summed E-state index contributed by atoms with van der Waals surface area (Å²) in [5, 5.41) is 2.21. The monoisotopic (exact) mass is 338 g/mol. The van der Waals surface area contributed by atoms with Gasteiger partial charge in [-0.3, -0.25) is 4.79 Å². The molecular weight excluding hydrogens is 324 g/mol. The minimum atomic E-state index is -0.894. The molecule has 0 saturated heterocycles. The van der Waals surface area contributed by atoms with Crippen molar-refractivity contribution in [2.24, 2.45) is 0 Å². The first-order valence-corrected chi connectivity index (χ1v) is 7.92. The third-order valence-corrected chi connectivity index (χ3v) is 4.01. The maximum atomic E-state index is 12.5. The van der Waals surface area contributed by atoms with Gasteiger partial charge in [-0.1, -0.05) is 60.1 Å². The van der Waals surface area contributed by atoms with Crippen LogP contribution >= 0.6 is 11.6 Å². The molecule has 0 aliphatic rings. The Bertz CT molecular complexity index is 912. The number of carbonyl (C=O) groups is 2. The van der Waals surface area contributed by atoms with Crippen molar-refractivity contribution in [3.05, 3.63) is 82.9 Å². The number of benzene rings is 3. The van der Waals surface area contributed by atoms with Crippen LogP contribution in [-0.4, -0.2) is 17.9 Å². The minimum absolute atomic E-state index is 0.286. The number of Topliss-reactive ketones (excluding diaryl/α,β-unsaturated/α-hetero) is 1. The van der Waals surface area contributed by atoms with Gasteiger partial charge in [-0.15, -0.1) is 0 Å². The quantitative estimate of drug-likeness (QED) is 0.501. The predicted molar refractivity (Wildman–Crippen MR) is 94.6 cm³/mol. The molecule has 3 rings (SSSR count). The summed E-state index contributed by atoms with van der Waals surface area (Å²) in [7, 11) is 0. The molecule has 0 bridgehead atoms. The molecule has 0 spiro atoms. The number of fused-ring (bicyclic) bond motifs is 1. The van der Waals surface area contributed by atoms with E-state index in [0.29, 0.717) is 16.1 Å². The third-order valence-electron chi connectivity index (χ3n) is 3.77. The normalized spacial score (nSPS) is 11.9. The highest BCUT2D eigenvalue weighted by molar-refractivity contribution is 6.31. The van der Waals surface area contributed by atoms with Crippen LogP contribution < -0.4 is 0 Å². The van der Waals surface area contributed by atoms with Crippen LogP contribution in [0.3, 0.4) is 0 Å². The average Bonchev–Trinajstić information content (AvgIpc) is 2.60. The molecule has 1 atom stereocenters. The van der Waals surface area contributed by atoms with Crippen molar-refractivity contribution in [2.75, 3.05) is 0 Å². The Morgan fingerprint density at radius 2 is 1.67 bits per heavy atom. The largest absolute Gasteiger partial charge is 0.451 e. The molecule has 0 saturated carbocycles. The van der Waals surface area contributed by atoms with E-state index in [9.17, 15) is 9.59 Å². The fraction of sp³-hybridized carbons (Fsp3) is 0.100. The van der Waals surface area contributed by atoms with Crippen LogP contribution in [0.25, 0.3) is 10.8 Å². The SMILES string of the molecule is C[C@@H](OC(=O)c1cccc2ccccc12)C(=O)c1cccc(Cl)c1. The lowest BCUT2D eigenvalue weighted by Gasteiger charge is -2.13. The Morgan fingerprint density at radius 3 is 2.46 bits per heavy atom. The van der Waals surface area contributed by atoms with E-state index >= 15 is 0 Å². The van der Waals surface area contributed by atoms with Crippen molar-refractivity contribution in [3.8, 4) is 0 Å². The van der Waals surface area contributed by atoms with Crippen molar-refractivity contribution < 1.29 is 14.3 Å².